The third kappa shape index (κ3) is 3.82. The summed E-state index contributed by atoms with van der Waals surface area (Å²) in [6, 6.07) is 14.2. The molecule has 2 aromatic rings. The lowest BCUT2D eigenvalue weighted by Gasteiger charge is -2.13. The van der Waals surface area contributed by atoms with Crippen molar-refractivity contribution in [2.24, 2.45) is 0 Å². The number of halogens is 2. The van der Waals surface area contributed by atoms with E-state index in [-0.39, 0.29) is 5.78 Å². The van der Waals surface area contributed by atoms with Crippen LogP contribution in [0.5, 0.6) is 5.75 Å². The van der Waals surface area contributed by atoms with Gasteiger partial charge in [-0.3, -0.25) is 4.79 Å². The van der Waals surface area contributed by atoms with E-state index in [1.807, 2.05) is 12.1 Å². The molecule has 0 aromatic heterocycles. The van der Waals surface area contributed by atoms with Crippen molar-refractivity contribution in [3.63, 3.8) is 0 Å². The highest BCUT2D eigenvalue weighted by Crippen LogP contribution is 2.18. The van der Waals surface area contributed by atoms with Crippen molar-refractivity contribution in [2.75, 3.05) is 0 Å². The van der Waals surface area contributed by atoms with Crippen molar-refractivity contribution in [3.8, 4) is 5.75 Å². The summed E-state index contributed by atoms with van der Waals surface area (Å²) in [7, 11) is 0. The largest absolute Gasteiger partial charge is 0.483 e. The zero-order valence-electron chi connectivity index (χ0n) is 10.3. The fraction of sp³-hybridized carbons (Fsp3) is 0.133. The SMILES string of the molecule is C[C@@H](Oc1ccc(Cl)cc1)C(=O)c1ccc(Br)cc1. The lowest BCUT2D eigenvalue weighted by atomic mass is 10.1. The van der Waals surface area contributed by atoms with Gasteiger partial charge in [0.25, 0.3) is 0 Å². The lowest BCUT2D eigenvalue weighted by Crippen LogP contribution is -2.23. The summed E-state index contributed by atoms with van der Waals surface area (Å²) in [4.78, 5) is 12.2. The van der Waals surface area contributed by atoms with Crippen molar-refractivity contribution in [1.29, 1.82) is 0 Å². The molecule has 0 aliphatic carbocycles. The molecule has 0 bridgehead atoms. The molecule has 2 aromatic carbocycles. The second-order valence-corrected chi connectivity index (χ2v) is 5.44. The van der Waals surface area contributed by atoms with Gasteiger partial charge >= 0.3 is 0 Å². The number of benzene rings is 2. The molecule has 0 saturated carbocycles. The Kier molecular flexibility index (Phi) is 4.61. The summed E-state index contributed by atoms with van der Waals surface area (Å²) in [6.45, 7) is 1.74. The van der Waals surface area contributed by atoms with Crippen LogP contribution in [0.3, 0.4) is 0 Å². The minimum atomic E-state index is -0.539. The van der Waals surface area contributed by atoms with E-state index in [1.54, 1.807) is 43.3 Å². The van der Waals surface area contributed by atoms with E-state index in [9.17, 15) is 4.79 Å². The van der Waals surface area contributed by atoms with E-state index in [1.165, 1.54) is 0 Å². The number of rotatable bonds is 4. The number of carbonyl (C=O) groups is 1. The molecule has 2 rings (SSSR count). The Morgan fingerprint density at radius 2 is 1.68 bits per heavy atom. The average Bonchev–Trinajstić information content (AvgIpc) is 2.41. The average molecular weight is 340 g/mol. The predicted molar refractivity (Wildman–Crippen MR) is 80.0 cm³/mol. The summed E-state index contributed by atoms with van der Waals surface area (Å²) in [5, 5.41) is 0.638. The van der Waals surface area contributed by atoms with Gasteiger partial charge in [0.1, 0.15) is 5.75 Å². The second-order valence-electron chi connectivity index (χ2n) is 4.09. The molecule has 98 valence electrons. The van der Waals surface area contributed by atoms with Crippen LogP contribution in [0.25, 0.3) is 0 Å². The Morgan fingerprint density at radius 1 is 1.11 bits per heavy atom. The van der Waals surface area contributed by atoms with Crippen molar-refractivity contribution < 1.29 is 9.53 Å². The van der Waals surface area contributed by atoms with Gasteiger partial charge in [0.05, 0.1) is 0 Å². The van der Waals surface area contributed by atoms with Crippen molar-refractivity contribution in [3.05, 3.63) is 63.6 Å². The number of ether oxygens (including phenoxy) is 1. The Morgan fingerprint density at radius 3 is 2.26 bits per heavy atom. The van der Waals surface area contributed by atoms with Gasteiger partial charge in [-0.15, -0.1) is 0 Å². The maximum Gasteiger partial charge on any atom is 0.202 e. The Labute approximate surface area is 125 Å². The fourth-order valence-electron chi connectivity index (χ4n) is 1.62. The van der Waals surface area contributed by atoms with Crippen LogP contribution < -0.4 is 4.74 Å². The van der Waals surface area contributed by atoms with Gasteiger partial charge in [-0.25, -0.2) is 0 Å². The molecule has 0 radical (unpaired) electrons. The van der Waals surface area contributed by atoms with Crippen LogP contribution in [-0.2, 0) is 0 Å². The number of carbonyl (C=O) groups excluding carboxylic acids is 1. The maximum absolute atomic E-state index is 12.2. The van der Waals surface area contributed by atoms with Gasteiger partial charge in [-0.05, 0) is 43.3 Å². The standard InChI is InChI=1S/C15H12BrClO2/c1-10(19-14-8-6-13(17)7-9-14)15(18)11-2-4-12(16)5-3-11/h2-10H,1H3/t10-/m1/s1. The van der Waals surface area contributed by atoms with Crippen LogP contribution in [0, 0.1) is 0 Å². The highest BCUT2D eigenvalue weighted by atomic mass is 79.9. The first-order valence-corrected chi connectivity index (χ1v) is 6.95. The fourth-order valence-corrected chi connectivity index (χ4v) is 2.01. The van der Waals surface area contributed by atoms with Gasteiger partial charge in [-0.1, -0.05) is 39.7 Å². The molecule has 1 atom stereocenters. The van der Waals surface area contributed by atoms with Gasteiger partial charge in [0.15, 0.2) is 6.10 Å². The zero-order valence-corrected chi connectivity index (χ0v) is 12.6. The van der Waals surface area contributed by atoms with E-state index in [0.717, 1.165) is 4.47 Å². The van der Waals surface area contributed by atoms with E-state index in [0.29, 0.717) is 16.3 Å². The topological polar surface area (TPSA) is 26.3 Å². The second kappa shape index (κ2) is 6.22. The molecule has 0 heterocycles. The number of Topliss-reactive ketones (excluding diaryl/α,β-unsaturated/α-hetero) is 1. The van der Waals surface area contributed by atoms with Crippen LogP contribution >= 0.6 is 27.5 Å². The first-order valence-electron chi connectivity index (χ1n) is 5.78. The van der Waals surface area contributed by atoms with Crippen LogP contribution in [0.15, 0.2) is 53.0 Å². The maximum atomic E-state index is 12.2. The summed E-state index contributed by atoms with van der Waals surface area (Å²) in [5.74, 6) is 0.574. The van der Waals surface area contributed by atoms with Gasteiger partial charge in [0, 0.05) is 15.1 Å². The molecule has 0 unspecified atom stereocenters. The molecule has 0 N–H and O–H groups in total. The van der Waals surface area contributed by atoms with Crippen LogP contribution in [0.1, 0.15) is 17.3 Å². The highest BCUT2D eigenvalue weighted by Gasteiger charge is 2.16. The summed E-state index contributed by atoms with van der Waals surface area (Å²) < 4.78 is 6.54. The number of ketones is 1. The minimum absolute atomic E-state index is 0.0533. The molecule has 2 nitrogen and oxygen atoms in total. The van der Waals surface area contributed by atoms with Crippen LogP contribution in [-0.4, -0.2) is 11.9 Å². The predicted octanol–water partition coefficient (Wildman–Crippen LogP) is 4.75. The van der Waals surface area contributed by atoms with E-state index < -0.39 is 6.10 Å². The third-order valence-electron chi connectivity index (χ3n) is 2.62. The molecule has 0 fully saturated rings. The molecule has 0 saturated heterocycles. The third-order valence-corrected chi connectivity index (χ3v) is 3.41. The quantitative estimate of drug-likeness (QED) is 0.751. The zero-order chi connectivity index (χ0) is 13.8. The Balaban J connectivity index is 2.07. The first-order chi connectivity index (χ1) is 9.06. The van der Waals surface area contributed by atoms with Gasteiger partial charge < -0.3 is 4.74 Å². The molecular formula is C15H12BrClO2. The Hall–Kier alpha value is -1.32. The highest BCUT2D eigenvalue weighted by molar-refractivity contribution is 9.10. The molecule has 0 aliphatic heterocycles. The van der Waals surface area contributed by atoms with Crippen LogP contribution in [0.2, 0.25) is 5.02 Å². The Bertz CT molecular complexity index is 564. The van der Waals surface area contributed by atoms with Gasteiger partial charge in [-0.2, -0.15) is 0 Å². The number of hydrogen-bond acceptors (Lipinski definition) is 2. The first kappa shape index (κ1) is 14.1. The molecular weight excluding hydrogens is 328 g/mol. The summed E-state index contributed by atoms with van der Waals surface area (Å²) >= 11 is 9.13. The van der Waals surface area contributed by atoms with E-state index in [2.05, 4.69) is 15.9 Å². The summed E-state index contributed by atoms with van der Waals surface area (Å²) in [6.07, 6.45) is -0.539. The number of hydrogen-bond donors (Lipinski definition) is 0. The van der Waals surface area contributed by atoms with Crippen molar-refractivity contribution in [1.82, 2.24) is 0 Å². The molecule has 19 heavy (non-hydrogen) atoms. The monoisotopic (exact) mass is 338 g/mol. The van der Waals surface area contributed by atoms with Crippen molar-refractivity contribution in [2.45, 2.75) is 13.0 Å². The van der Waals surface area contributed by atoms with E-state index in [4.69, 9.17) is 16.3 Å². The molecule has 0 aliphatic rings. The molecule has 4 heteroatoms. The molecule has 0 amide bonds. The van der Waals surface area contributed by atoms with Crippen LogP contribution in [0.4, 0.5) is 0 Å². The lowest BCUT2D eigenvalue weighted by molar-refractivity contribution is 0.0818. The van der Waals surface area contributed by atoms with Gasteiger partial charge in [0.2, 0.25) is 5.78 Å². The van der Waals surface area contributed by atoms with E-state index >= 15 is 0 Å². The minimum Gasteiger partial charge on any atom is -0.483 e. The molecule has 0 spiro atoms. The normalized spacial score (nSPS) is 11.9. The smallest absolute Gasteiger partial charge is 0.202 e. The van der Waals surface area contributed by atoms with Crippen molar-refractivity contribution >= 4 is 33.3 Å². The summed E-state index contributed by atoms with van der Waals surface area (Å²) in [5.41, 5.74) is 0.629.